The van der Waals surface area contributed by atoms with Crippen molar-refractivity contribution < 1.29 is 4.74 Å². The summed E-state index contributed by atoms with van der Waals surface area (Å²) in [5.74, 6) is 1.66. The number of hydrogen-bond donors (Lipinski definition) is 0. The molecule has 2 aromatic heterocycles. The van der Waals surface area contributed by atoms with E-state index in [9.17, 15) is 0 Å². The SMILES string of the molecule is CCc1c2c(c(C)c3c1=Nc1cc4c5ccccc5n(CC)c4cc1O3)=Nc1cc3c4ccccc4n(CC)c3cc1C2. The normalized spacial score (nSPS) is 13.4. The molecule has 0 amide bonds. The summed E-state index contributed by atoms with van der Waals surface area (Å²) in [5.41, 5.74) is 11.8. The summed E-state index contributed by atoms with van der Waals surface area (Å²) in [4.78, 5) is 10.7. The van der Waals surface area contributed by atoms with E-state index in [1.54, 1.807) is 0 Å². The lowest BCUT2D eigenvalue weighted by Gasteiger charge is -2.23. The van der Waals surface area contributed by atoms with Gasteiger partial charge in [0.1, 0.15) is 11.0 Å². The first-order valence-corrected chi connectivity index (χ1v) is 15.5. The molecule has 0 atom stereocenters. The van der Waals surface area contributed by atoms with Gasteiger partial charge in [-0.1, -0.05) is 43.3 Å². The minimum atomic E-state index is 0.813. The zero-order valence-corrected chi connectivity index (χ0v) is 25.0. The Morgan fingerprint density at radius 1 is 0.674 bits per heavy atom. The van der Waals surface area contributed by atoms with Crippen molar-refractivity contribution in [3.05, 3.63) is 106 Å². The molecule has 9 rings (SSSR count). The Bertz CT molecular complexity index is 2480. The smallest absolute Gasteiger partial charge is 0.158 e. The van der Waals surface area contributed by atoms with Gasteiger partial charge in [-0.2, -0.15) is 0 Å². The summed E-state index contributed by atoms with van der Waals surface area (Å²) in [5, 5.41) is 7.04. The summed E-state index contributed by atoms with van der Waals surface area (Å²) in [6, 6.07) is 26.4. The Balaban J connectivity index is 1.29. The molecule has 4 heterocycles. The van der Waals surface area contributed by atoms with E-state index in [4.69, 9.17) is 14.7 Å². The molecular formula is C38H32N4O. The first-order valence-electron chi connectivity index (χ1n) is 15.5. The van der Waals surface area contributed by atoms with E-state index < -0.39 is 0 Å². The maximum Gasteiger partial charge on any atom is 0.158 e. The van der Waals surface area contributed by atoms with Gasteiger partial charge < -0.3 is 13.9 Å². The van der Waals surface area contributed by atoms with Crippen molar-refractivity contribution in [3.63, 3.8) is 0 Å². The first-order chi connectivity index (χ1) is 21.1. The van der Waals surface area contributed by atoms with Crippen LogP contribution < -0.4 is 15.5 Å². The predicted octanol–water partition coefficient (Wildman–Crippen LogP) is 8.73. The average Bonchev–Trinajstić information content (AvgIpc) is 3.52. The van der Waals surface area contributed by atoms with Crippen LogP contribution >= 0.6 is 0 Å². The van der Waals surface area contributed by atoms with E-state index >= 15 is 0 Å². The second-order valence-electron chi connectivity index (χ2n) is 11.8. The van der Waals surface area contributed by atoms with E-state index in [1.807, 2.05) is 0 Å². The number of nitrogens with zero attached hydrogens (tertiary/aromatic N) is 4. The molecule has 0 bridgehead atoms. The molecule has 0 spiro atoms. The average molecular weight is 561 g/mol. The van der Waals surface area contributed by atoms with E-state index in [1.165, 1.54) is 60.3 Å². The van der Waals surface area contributed by atoms with E-state index in [0.29, 0.717) is 0 Å². The molecule has 7 aromatic rings. The van der Waals surface area contributed by atoms with Crippen LogP contribution in [-0.4, -0.2) is 9.13 Å². The number of fused-ring (bicyclic) bond motifs is 10. The van der Waals surface area contributed by atoms with Crippen molar-refractivity contribution in [2.45, 2.75) is 53.6 Å². The van der Waals surface area contributed by atoms with Crippen molar-refractivity contribution in [2.75, 3.05) is 0 Å². The van der Waals surface area contributed by atoms with Crippen LogP contribution in [-0.2, 0) is 25.9 Å². The van der Waals surface area contributed by atoms with Crippen LogP contribution in [0.25, 0.3) is 43.6 Å². The first kappa shape index (κ1) is 24.7. The maximum absolute atomic E-state index is 6.78. The molecule has 0 fully saturated rings. The molecule has 0 unspecified atom stereocenters. The highest BCUT2D eigenvalue weighted by Crippen LogP contribution is 2.43. The van der Waals surface area contributed by atoms with Gasteiger partial charge in [-0.3, -0.25) is 0 Å². The molecule has 0 saturated heterocycles. The number of benzene rings is 5. The van der Waals surface area contributed by atoms with Crippen LogP contribution in [0.5, 0.6) is 11.5 Å². The summed E-state index contributed by atoms with van der Waals surface area (Å²) in [7, 11) is 0. The van der Waals surface area contributed by atoms with Gasteiger partial charge in [-0.25, -0.2) is 9.98 Å². The lowest BCUT2D eigenvalue weighted by molar-refractivity contribution is 0.463. The fraction of sp³-hybridized carbons (Fsp3) is 0.211. The Labute approximate surface area is 249 Å². The topological polar surface area (TPSA) is 43.8 Å². The largest absolute Gasteiger partial charge is 0.452 e. The second-order valence-corrected chi connectivity index (χ2v) is 11.8. The third kappa shape index (κ3) is 3.22. The molecule has 210 valence electrons. The fourth-order valence-electron chi connectivity index (χ4n) is 7.73. The summed E-state index contributed by atoms with van der Waals surface area (Å²) in [6.45, 7) is 10.6. The molecule has 0 radical (unpaired) electrons. The van der Waals surface area contributed by atoms with Gasteiger partial charge in [0.05, 0.1) is 16.6 Å². The molecule has 5 aromatic carbocycles. The minimum absolute atomic E-state index is 0.813. The molecule has 5 heteroatoms. The van der Waals surface area contributed by atoms with Crippen LogP contribution in [0.15, 0.2) is 82.8 Å². The molecule has 2 aliphatic rings. The molecule has 0 aliphatic carbocycles. The zero-order chi connectivity index (χ0) is 29.0. The van der Waals surface area contributed by atoms with Crippen LogP contribution in [0.3, 0.4) is 0 Å². The van der Waals surface area contributed by atoms with Gasteiger partial charge in [-0.15, -0.1) is 0 Å². The molecule has 2 aliphatic heterocycles. The Hall–Kier alpha value is -4.90. The Morgan fingerprint density at radius 2 is 1.28 bits per heavy atom. The summed E-state index contributed by atoms with van der Waals surface area (Å²) >= 11 is 0. The fourth-order valence-corrected chi connectivity index (χ4v) is 7.73. The number of ether oxygens (including phenoxy) is 1. The van der Waals surface area contributed by atoms with Gasteiger partial charge >= 0.3 is 0 Å². The lowest BCUT2D eigenvalue weighted by Crippen LogP contribution is -2.29. The summed E-state index contributed by atoms with van der Waals surface area (Å²) < 4.78 is 11.6. The molecule has 5 nitrogen and oxygen atoms in total. The number of rotatable bonds is 3. The van der Waals surface area contributed by atoms with Crippen LogP contribution in [0, 0.1) is 6.92 Å². The van der Waals surface area contributed by atoms with Crippen LogP contribution in [0.4, 0.5) is 11.4 Å². The number of hydrogen-bond acceptors (Lipinski definition) is 3. The van der Waals surface area contributed by atoms with Crippen molar-refractivity contribution in [1.82, 2.24) is 9.13 Å². The van der Waals surface area contributed by atoms with Crippen molar-refractivity contribution >= 4 is 55.0 Å². The number of para-hydroxylation sites is 2. The minimum Gasteiger partial charge on any atom is -0.452 e. The molecular weight excluding hydrogens is 528 g/mol. The lowest BCUT2D eigenvalue weighted by atomic mass is 9.90. The van der Waals surface area contributed by atoms with Gasteiger partial charge in [0.2, 0.25) is 0 Å². The predicted molar refractivity (Wildman–Crippen MR) is 175 cm³/mol. The monoisotopic (exact) mass is 560 g/mol. The van der Waals surface area contributed by atoms with Crippen molar-refractivity contribution in [2.24, 2.45) is 9.98 Å². The van der Waals surface area contributed by atoms with Crippen LogP contribution in [0.1, 0.15) is 43.0 Å². The molecule has 0 N–H and O–H groups in total. The molecule has 43 heavy (non-hydrogen) atoms. The Morgan fingerprint density at radius 3 is 1.93 bits per heavy atom. The Kier molecular flexibility index (Phi) is 5.05. The highest BCUT2D eigenvalue weighted by atomic mass is 16.5. The summed E-state index contributed by atoms with van der Waals surface area (Å²) in [6.07, 6.45) is 1.71. The van der Waals surface area contributed by atoms with Crippen LogP contribution in [0.2, 0.25) is 0 Å². The van der Waals surface area contributed by atoms with Crippen molar-refractivity contribution in [3.8, 4) is 11.5 Å². The molecule has 0 saturated carbocycles. The highest BCUT2D eigenvalue weighted by molar-refractivity contribution is 6.10. The van der Waals surface area contributed by atoms with E-state index in [-0.39, 0.29) is 0 Å². The third-order valence-corrected chi connectivity index (χ3v) is 9.70. The van der Waals surface area contributed by atoms with Gasteiger partial charge in [-0.05, 0) is 74.2 Å². The standard InChI is InChI=1S/C38H32N4O/c1-5-23-28-16-22-17-33-26(24-12-8-10-14-31(24)41(33)6-2)18-29(22)39-36(28)21(4)38-37(23)40-30-19-27-25-13-9-11-15-32(25)42(7-3)34(27)20-35(30)43-38/h8-15,17-20H,5-7,16H2,1-4H3. The number of aromatic nitrogens is 2. The quantitative estimate of drug-likeness (QED) is 0.213. The third-order valence-electron chi connectivity index (χ3n) is 9.70. The second kappa shape index (κ2) is 8.81. The van der Waals surface area contributed by atoms with Gasteiger partial charge in [0.25, 0.3) is 0 Å². The van der Waals surface area contributed by atoms with E-state index in [2.05, 4.69) is 110 Å². The maximum atomic E-state index is 6.78. The van der Waals surface area contributed by atoms with Gasteiger partial charge in [0, 0.05) is 69.2 Å². The zero-order valence-electron chi connectivity index (χ0n) is 25.0. The van der Waals surface area contributed by atoms with Crippen molar-refractivity contribution in [1.29, 1.82) is 0 Å². The van der Waals surface area contributed by atoms with Gasteiger partial charge in [0.15, 0.2) is 11.5 Å². The highest BCUT2D eigenvalue weighted by Gasteiger charge is 2.26. The number of aryl methyl sites for hydroxylation is 2. The van der Waals surface area contributed by atoms with E-state index in [0.717, 1.165) is 65.1 Å².